The number of aromatic nitrogens is 2. The molecule has 1 N–H and O–H groups in total. The minimum absolute atomic E-state index is 0.551. The maximum atomic E-state index is 4.73. The third-order valence-corrected chi connectivity index (χ3v) is 4.66. The van der Waals surface area contributed by atoms with Crippen molar-refractivity contribution in [3.8, 4) is 0 Å². The Balaban J connectivity index is 1.62. The van der Waals surface area contributed by atoms with E-state index in [2.05, 4.69) is 27.1 Å². The Hall–Kier alpha value is -1.36. The van der Waals surface area contributed by atoms with Crippen LogP contribution in [0.15, 0.2) is 12.3 Å². The third kappa shape index (κ3) is 4.06. The standard InChI is InChI=1S/C16H27N5/c1-20-10-12-21(13-11-20)15-8-9-17-16(19-15)18-14-6-4-2-3-5-7-14/h8-9,14H,2-7,10-13H2,1H3,(H,17,18,19). The van der Waals surface area contributed by atoms with Gasteiger partial charge in [0.2, 0.25) is 5.95 Å². The van der Waals surface area contributed by atoms with Crippen molar-refractivity contribution in [2.45, 2.75) is 44.6 Å². The lowest BCUT2D eigenvalue weighted by molar-refractivity contribution is 0.312. The zero-order chi connectivity index (χ0) is 14.5. The van der Waals surface area contributed by atoms with Gasteiger partial charge in [0, 0.05) is 38.4 Å². The molecule has 0 unspecified atom stereocenters. The van der Waals surface area contributed by atoms with Crippen molar-refractivity contribution in [1.82, 2.24) is 14.9 Å². The van der Waals surface area contributed by atoms with E-state index in [-0.39, 0.29) is 0 Å². The maximum Gasteiger partial charge on any atom is 0.224 e. The van der Waals surface area contributed by atoms with Crippen molar-refractivity contribution in [3.63, 3.8) is 0 Å². The molecule has 116 valence electrons. The zero-order valence-electron chi connectivity index (χ0n) is 13.1. The molecule has 1 aliphatic heterocycles. The Labute approximate surface area is 127 Å². The highest BCUT2D eigenvalue weighted by atomic mass is 15.3. The van der Waals surface area contributed by atoms with Crippen LogP contribution >= 0.6 is 0 Å². The van der Waals surface area contributed by atoms with Gasteiger partial charge in [-0.3, -0.25) is 0 Å². The molecule has 21 heavy (non-hydrogen) atoms. The molecule has 1 aromatic heterocycles. The first kappa shape index (κ1) is 14.6. The van der Waals surface area contributed by atoms with Crippen molar-refractivity contribution < 1.29 is 0 Å². The quantitative estimate of drug-likeness (QED) is 0.866. The lowest BCUT2D eigenvalue weighted by atomic mass is 10.1. The van der Waals surface area contributed by atoms with Gasteiger partial charge in [0.05, 0.1) is 0 Å². The van der Waals surface area contributed by atoms with Crippen LogP contribution in [-0.2, 0) is 0 Å². The van der Waals surface area contributed by atoms with Gasteiger partial charge in [0.1, 0.15) is 5.82 Å². The summed E-state index contributed by atoms with van der Waals surface area (Å²) in [5, 5.41) is 3.55. The van der Waals surface area contributed by atoms with Gasteiger partial charge in [-0.1, -0.05) is 25.7 Å². The molecule has 1 aliphatic carbocycles. The molecule has 0 spiro atoms. The summed E-state index contributed by atoms with van der Waals surface area (Å²) in [6.07, 6.45) is 9.80. The summed E-state index contributed by atoms with van der Waals surface area (Å²) >= 11 is 0. The fourth-order valence-corrected chi connectivity index (χ4v) is 3.24. The SMILES string of the molecule is CN1CCN(c2ccnc(NC3CCCCCC3)n2)CC1. The van der Waals surface area contributed by atoms with E-state index in [1.807, 2.05) is 12.3 Å². The third-order valence-electron chi connectivity index (χ3n) is 4.66. The second kappa shape index (κ2) is 7.07. The minimum atomic E-state index is 0.551. The van der Waals surface area contributed by atoms with Crippen LogP contribution in [0.4, 0.5) is 11.8 Å². The van der Waals surface area contributed by atoms with Crippen LogP contribution in [0.3, 0.4) is 0 Å². The number of anilines is 2. The minimum Gasteiger partial charge on any atom is -0.354 e. The van der Waals surface area contributed by atoms with Gasteiger partial charge in [0.25, 0.3) is 0 Å². The molecule has 1 saturated heterocycles. The average molecular weight is 289 g/mol. The van der Waals surface area contributed by atoms with E-state index in [0.29, 0.717) is 6.04 Å². The fourth-order valence-electron chi connectivity index (χ4n) is 3.24. The van der Waals surface area contributed by atoms with E-state index < -0.39 is 0 Å². The maximum absolute atomic E-state index is 4.73. The van der Waals surface area contributed by atoms with Crippen LogP contribution in [0.1, 0.15) is 38.5 Å². The van der Waals surface area contributed by atoms with Gasteiger partial charge in [-0.25, -0.2) is 4.98 Å². The number of piperazine rings is 1. The zero-order valence-corrected chi connectivity index (χ0v) is 13.1. The molecule has 5 heteroatoms. The van der Waals surface area contributed by atoms with Crippen LogP contribution in [0.25, 0.3) is 0 Å². The summed E-state index contributed by atoms with van der Waals surface area (Å²) in [7, 11) is 2.18. The average Bonchev–Trinajstić information content (AvgIpc) is 2.77. The molecule has 3 rings (SSSR count). The molecule has 1 saturated carbocycles. The summed E-state index contributed by atoms with van der Waals surface area (Å²) in [5.41, 5.74) is 0. The first-order chi connectivity index (χ1) is 10.3. The lowest BCUT2D eigenvalue weighted by Gasteiger charge is -2.33. The predicted octanol–water partition coefficient (Wildman–Crippen LogP) is 2.36. The van der Waals surface area contributed by atoms with Crippen molar-refractivity contribution in [3.05, 3.63) is 12.3 Å². The van der Waals surface area contributed by atoms with Crippen LogP contribution in [0.5, 0.6) is 0 Å². The number of rotatable bonds is 3. The van der Waals surface area contributed by atoms with Gasteiger partial charge in [-0.2, -0.15) is 4.98 Å². The molecule has 2 fully saturated rings. The number of hydrogen-bond donors (Lipinski definition) is 1. The van der Waals surface area contributed by atoms with Crippen molar-refractivity contribution in [2.24, 2.45) is 0 Å². The molecule has 2 heterocycles. The molecule has 2 aliphatic rings. The monoisotopic (exact) mass is 289 g/mol. The second-order valence-electron chi connectivity index (χ2n) is 6.36. The molecule has 0 amide bonds. The number of nitrogens with one attached hydrogen (secondary N) is 1. The first-order valence-electron chi connectivity index (χ1n) is 8.34. The van der Waals surface area contributed by atoms with Gasteiger partial charge < -0.3 is 15.1 Å². The molecule has 0 radical (unpaired) electrons. The molecule has 0 bridgehead atoms. The van der Waals surface area contributed by atoms with E-state index in [4.69, 9.17) is 4.98 Å². The molecular formula is C16H27N5. The van der Waals surface area contributed by atoms with Crippen LogP contribution in [0, 0.1) is 0 Å². The molecular weight excluding hydrogens is 262 g/mol. The van der Waals surface area contributed by atoms with Gasteiger partial charge in [0.15, 0.2) is 0 Å². The van der Waals surface area contributed by atoms with Gasteiger partial charge in [-0.15, -0.1) is 0 Å². The molecule has 5 nitrogen and oxygen atoms in total. The Morgan fingerprint density at radius 2 is 1.76 bits per heavy atom. The van der Waals surface area contributed by atoms with E-state index in [9.17, 15) is 0 Å². The highest BCUT2D eigenvalue weighted by Gasteiger charge is 2.17. The van der Waals surface area contributed by atoms with Crippen LogP contribution in [0.2, 0.25) is 0 Å². The van der Waals surface area contributed by atoms with E-state index in [1.54, 1.807) is 0 Å². The largest absolute Gasteiger partial charge is 0.354 e. The summed E-state index contributed by atoms with van der Waals surface area (Å²) < 4.78 is 0. The summed E-state index contributed by atoms with van der Waals surface area (Å²) in [6.45, 7) is 4.32. The van der Waals surface area contributed by atoms with Crippen LogP contribution < -0.4 is 10.2 Å². The molecule has 0 atom stereocenters. The van der Waals surface area contributed by atoms with E-state index >= 15 is 0 Å². The second-order valence-corrected chi connectivity index (χ2v) is 6.36. The first-order valence-corrected chi connectivity index (χ1v) is 8.34. The Morgan fingerprint density at radius 3 is 2.48 bits per heavy atom. The normalized spacial score (nSPS) is 22.0. The highest BCUT2D eigenvalue weighted by Crippen LogP contribution is 2.21. The van der Waals surface area contributed by atoms with E-state index in [0.717, 1.165) is 37.9 Å². The summed E-state index contributed by atoms with van der Waals surface area (Å²) in [4.78, 5) is 13.9. The number of likely N-dealkylation sites (N-methyl/N-ethyl adjacent to an activating group) is 1. The summed E-state index contributed by atoms with van der Waals surface area (Å²) in [6, 6.07) is 2.58. The highest BCUT2D eigenvalue weighted by molar-refractivity contribution is 5.43. The van der Waals surface area contributed by atoms with Gasteiger partial charge in [-0.05, 0) is 26.0 Å². The summed E-state index contributed by atoms with van der Waals surface area (Å²) in [5.74, 6) is 1.87. The number of hydrogen-bond acceptors (Lipinski definition) is 5. The molecule has 1 aromatic rings. The topological polar surface area (TPSA) is 44.3 Å². The van der Waals surface area contributed by atoms with E-state index in [1.165, 1.54) is 38.5 Å². The smallest absolute Gasteiger partial charge is 0.224 e. The Bertz CT molecular complexity index is 434. The Kier molecular flexibility index (Phi) is 4.91. The number of nitrogens with zero attached hydrogens (tertiary/aromatic N) is 4. The predicted molar refractivity (Wildman–Crippen MR) is 86.9 cm³/mol. The Morgan fingerprint density at radius 1 is 1.05 bits per heavy atom. The van der Waals surface area contributed by atoms with Crippen LogP contribution in [-0.4, -0.2) is 54.1 Å². The fraction of sp³-hybridized carbons (Fsp3) is 0.750. The molecule has 0 aromatic carbocycles. The van der Waals surface area contributed by atoms with Crippen molar-refractivity contribution >= 4 is 11.8 Å². The lowest BCUT2D eigenvalue weighted by Crippen LogP contribution is -2.44. The van der Waals surface area contributed by atoms with Crippen molar-refractivity contribution in [1.29, 1.82) is 0 Å². The van der Waals surface area contributed by atoms with Gasteiger partial charge >= 0.3 is 0 Å². The van der Waals surface area contributed by atoms with Crippen molar-refractivity contribution in [2.75, 3.05) is 43.4 Å².